The first-order valence-electron chi connectivity index (χ1n) is 6.96. The van der Waals surface area contributed by atoms with Crippen LogP contribution in [0, 0.1) is 6.92 Å². The Balaban J connectivity index is 1.72. The van der Waals surface area contributed by atoms with E-state index in [2.05, 4.69) is 24.4 Å². The van der Waals surface area contributed by atoms with E-state index < -0.39 is 0 Å². The number of carbonyl (C=O) groups excluding carboxylic acids is 2. The van der Waals surface area contributed by atoms with Crippen LogP contribution in [0.1, 0.15) is 39.2 Å². The molecule has 1 amide bonds. The lowest BCUT2D eigenvalue weighted by Crippen LogP contribution is -2.34. The van der Waals surface area contributed by atoms with Crippen LogP contribution in [0.3, 0.4) is 0 Å². The van der Waals surface area contributed by atoms with Crippen LogP contribution in [-0.4, -0.2) is 17.7 Å². The van der Waals surface area contributed by atoms with Crippen LogP contribution in [0.25, 0.3) is 0 Å². The van der Waals surface area contributed by atoms with Crippen molar-refractivity contribution in [1.29, 1.82) is 0 Å². The average molecular weight is 321 g/mol. The number of thiophene rings is 2. The molecule has 1 atom stereocenters. The summed E-state index contributed by atoms with van der Waals surface area (Å²) in [6, 6.07) is 7.93. The summed E-state index contributed by atoms with van der Waals surface area (Å²) < 4.78 is 0. The maximum absolute atomic E-state index is 11.9. The summed E-state index contributed by atoms with van der Waals surface area (Å²) in [5.41, 5.74) is 0. The summed E-state index contributed by atoms with van der Waals surface area (Å²) >= 11 is 3.18. The van der Waals surface area contributed by atoms with Crippen molar-refractivity contribution in [2.45, 2.75) is 39.2 Å². The zero-order valence-corrected chi connectivity index (χ0v) is 13.9. The molecule has 0 aliphatic carbocycles. The molecule has 1 unspecified atom stereocenters. The second-order valence-electron chi connectivity index (χ2n) is 5.09. The van der Waals surface area contributed by atoms with Crippen molar-refractivity contribution in [3.8, 4) is 0 Å². The summed E-state index contributed by atoms with van der Waals surface area (Å²) in [6.45, 7) is 4.07. The van der Waals surface area contributed by atoms with E-state index in [4.69, 9.17) is 0 Å². The van der Waals surface area contributed by atoms with Crippen LogP contribution < -0.4 is 5.32 Å². The molecular formula is C16H19NO2S2. The summed E-state index contributed by atoms with van der Waals surface area (Å²) in [7, 11) is 0. The summed E-state index contributed by atoms with van der Waals surface area (Å²) in [6.07, 6.45) is 1.37. The Labute approximate surface area is 133 Å². The average Bonchev–Trinajstić information content (AvgIpc) is 3.07. The van der Waals surface area contributed by atoms with Gasteiger partial charge in [-0.15, -0.1) is 22.7 Å². The van der Waals surface area contributed by atoms with Gasteiger partial charge < -0.3 is 5.32 Å². The van der Waals surface area contributed by atoms with Crippen molar-refractivity contribution in [3.63, 3.8) is 0 Å². The van der Waals surface area contributed by atoms with E-state index in [-0.39, 0.29) is 30.6 Å². The number of rotatable bonds is 7. The molecule has 0 fully saturated rings. The van der Waals surface area contributed by atoms with Crippen molar-refractivity contribution < 1.29 is 9.59 Å². The Morgan fingerprint density at radius 2 is 2.05 bits per heavy atom. The maximum Gasteiger partial charge on any atom is 0.220 e. The van der Waals surface area contributed by atoms with Gasteiger partial charge in [0, 0.05) is 35.1 Å². The van der Waals surface area contributed by atoms with Crippen molar-refractivity contribution in [1.82, 2.24) is 5.32 Å². The molecule has 0 aliphatic rings. The summed E-state index contributed by atoms with van der Waals surface area (Å²) in [5.74, 6) is -0.0117. The molecule has 0 aliphatic heterocycles. The van der Waals surface area contributed by atoms with E-state index in [1.54, 1.807) is 17.4 Å². The van der Waals surface area contributed by atoms with E-state index in [1.807, 2.05) is 18.4 Å². The third-order valence-corrected chi connectivity index (χ3v) is 5.02. The molecule has 2 rings (SSSR count). The molecule has 0 radical (unpaired) electrons. The smallest absolute Gasteiger partial charge is 0.220 e. The Bertz CT molecular complexity index is 602. The SMILES string of the molecule is Cc1ccc(CC(C)NC(=O)CCC(=O)c2cccs2)s1. The Morgan fingerprint density at radius 1 is 1.24 bits per heavy atom. The normalized spacial score (nSPS) is 12.1. The van der Waals surface area contributed by atoms with Crippen LogP contribution in [0.15, 0.2) is 29.6 Å². The first-order valence-corrected chi connectivity index (χ1v) is 8.65. The van der Waals surface area contributed by atoms with Gasteiger partial charge in [-0.1, -0.05) is 6.07 Å². The molecule has 2 heterocycles. The first-order chi connectivity index (χ1) is 10.0. The van der Waals surface area contributed by atoms with Crippen molar-refractivity contribution in [2.24, 2.45) is 0 Å². The third-order valence-electron chi connectivity index (χ3n) is 3.09. The zero-order chi connectivity index (χ0) is 15.2. The molecule has 2 aromatic heterocycles. The van der Waals surface area contributed by atoms with E-state index in [0.717, 1.165) is 11.3 Å². The molecule has 0 bridgehead atoms. The molecule has 1 N–H and O–H groups in total. The molecule has 0 saturated heterocycles. The zero-order valence-electron chi connectivity index (χ0n) is 12.2. The lowest BCUT2D eigenvalue weighted by Gasteiger charge is -2.12. The molecule has 3 nitrogen and oxygen atoms in total. The van der Waals surface area contributed by atoms with Crippen molar-refractivity contribution in [2.75, 3.05) is 0 Å². The fourth-order valence-corrected chi connectivity index (χ4v) is 3.80. The minimum absolute atomic E-state index is 0.0432. The molecule has 5 heteroatoms. The number of ketones is 1. The Hall–Kier alpha value is -1.46. The number of nitrogens with one attached hydrogen (secondary N) is 1. The van der Waals surface area contributed by atoms with Crippen LogP contribution >= 0.6 is 22.7 Å². The Morgan fingerprint density at radius 3 is 2.67 bits per heavy atom. The van der Waals surface area contributed by atoms with Gasteiger partial charge in [0.05, 0.1) is 4.88 Å². The van der Waals surface area contributed by atoms with E-state index in [9.17, 15) is 9.59 Å². The second kappa shape index (κ2) is 7.52. The minimum atomic E-state index is -0.0549. The van der Waals surface area contributed by atoms with Gasteiger partial charge in [-0.3, -0.25) is 9.59 Å². The van der Waals surface area contributed by atoms with E-state index in [1.165, 1.54) is 21.1 Å². The van der Waals surface area contributed by atoms with Gasteiger partial charge in [-0.25, -0.2) is 0 Å². The highest BCUT2D eigenvalue weighted by Gasteiger charge is 2.12. The number of carbonyl (C=O) groups is 2. The molecule has 0 aromatic carbocycles. The molecule has 0 saturated carbocycles. The third kappa shape index (κ3) is 5.10. The van der Waals surface area contributed by atoms with E-state index in [0.29, 0.717) is 0 Å². The molecule has 112 valence electrons. The van der Waals surface area contributed by atoms with Crippen LogP contribution in [-0.2, 0) is 11.2 Å². The number of hydrogen-bond donors (Lipinski definition) is 1. The quantitative estimate of drug-likeness (QED) is 0.788. The van der Waals surface area contributed by atoms with Crippen molar-refractivity contribution in [3.05, 3.63) is 44.3 Å². The predicted octanol–water partition coefficient (Wildman–Crippen LogP) is 3.83. The van der Waals surface area contributed by atoms with Crippen molar-refractivity contribution >= 4 is 34.4 Å². The number of aryl methyl sites for hydroxylation is 1. The second-order valence-corrected chi connectivity index (χ2v) is 7.41. The number of Topliss-reactive ketones (excluding diaryl/α,β-unsaturated/α-hetero) is 1. The summed E-state index contributed by atoms with van der Waals surface area (Å²) in [4.78, 5) is 27.0. The van der Waals surface area contributed by atoms with Gasteiger partial charge in [-0.05, 0) is 37.4 Å². The summed E-state index contributed by atoms with van der Waals surface area (Å²) in [5, 5.41) is 4.83. The molecule has 2 aromatic rings. The largest absolute Gasteiger partial charge is 0.353 e. The Kier molecular flexibility index (Phi) is 5.70. The van der Waals surface area contributed by atoms with Gasteiger partial charge in [0.1, 0.15) is 0 Å². The molecule has 21 heavy (non-hydrogen) atoms. The number of hydrogen-bond acceptors (Lipinski definition) is 4. The topological polar surface area (TPSA) is 46.2 Å². The lowest BCUT2D eigenvalue weighted by atomic mass is 10.1. The fraction of sp³-hybridized carbons (Fsp3) is 0.375. The standard InChI is InChI=1S/C16H19NO2S2/c1-11(10-13-6-5-12(2)21-13)17-16(19)8-7-14(18)15-4-3-9-20-15/h3-6,9,11H,7-8,10H2,1-2H3,(H,17,19). The van der Waals surface area contributed by atoms with Gasteiger partial charge >= 0.3 is 0 Å². The highest BCUT2D eigenvalue weighted by atomic mass is 32.1. The number of amides is 1. The van der Waals surface area contributed by atoms with Crippen LogP contribution in [0.4, 0.5) is 0 Å². The highest BCUT2D eigenvalue weighted by molar-refractivity contribution is 7.12. The maximum atomic E-state index is 11.9. The lowest BCUT2D eigenvalue weighted by molar-refractivity contribution is -0.121. The van der Waals surface area contributed by atoms with E-state index >= 15 is 0 Å². The molecular weight excluding hydrogens is 302 g/mol. The first kappa shape index (κ1) is 15.9. The fourth-order valence-electron chi connectivity index (χ4n) is 2.08. The highest BCUT2D eigenvalue weighted by Crippen LogP contribution is 2.17. The monoisotopic (exact) mass is 321 g/mol. The van der Waals surface area contributed by atoms with Gasteiger partial charge in [-0.2, -0.15) is 0 Å². The van der Waals surface area contributed by atoms with Crippen LogP contribution in [0.2, 0.25) is 0 Å². The van der Waals surface area contributed by atoms with Gasteiger partial charge in [0.2, 0.25) is 5.91 Å². The predicted molar refractivity (Wildman–Crippen MR) is 88.2 cm³/mol. The minimum Gasteiger partial charge on any atom is -0.353 e. The van der Waals surface area contributed by atoms with Crippen LogP contribution in [0.5, 0.6) is 0 Å². The van der Waals surface area contributed by atoms with Gasteiger partial charge in [0.25, 0.3) is 0 Å². The van der Waals surface area contributed by atoms with Gasteiger partial charge in [0.15, 0.2) is 5.78 Å². The molecule has 0 spiro atoms.